The van der Waals surface area contributed by atoms with Crippen LogP contribution < -0.4 is 10.6 Å². The number of rotatable bonds is 6. The predicted octanol–water partition coefficient (Wildman–Crippen LogP) is 3.92. The number of para-hydroxylation sites is 2. The second kappa shape index (κ2) is 8.55. The summed E-state index contributed by atoms with van der Waals surface area (Å²) in [5.41, 5.74) is 4.75. The van der Waals surface area contributed by atoms with E-state index in [0.29, 0.717) is 0 Å². The van der Waals surface area contributed by atoms with E-state index in [2.05, 4.69) is 10.6 Å². The summed E-state index contributed by atoms with van der Waals surface area (Å²) < 4.78 is 0. The number of thioether (sulfide) groups is 1. The van der Waals surface area contributed by atoms with Crippen molar-refractivity contribution in [3.63, 3.8) is 0 Å². The number of carbonyl (C=O) groups excluding carboxylic acids is 2. The maximum atomic E-state index is 12.0. The molecule has 0 aliphatic carbocycles. The van der Waals surface area contributed by atoms with E-state index in [1.807, 2.05) is 63.2 Å². The molecule has 0 unspecified atom stereocenters. The molecule has 126 valence electrons. The van der Waals surface area contributed by atoms with E-state index >= 15 is 0 Å². The van der Waals surface area contributed by atoms with Crippen LogP contribution in [-0.4, -0.2) is 23.3 Å². The van der Waals surface area contributed by atoms with Crippen molar-refractivity contribution in [1.82, 2.24) is 0 Å². The summed E-state index contributed by atoms with van der Waals surface area (Å²) in [7, 11) is 0. The minimum absolute atomic E-state index is 0.0962. The van der Waals surface area contributed by atoms with Crippen LogP contribution in [0.3, 0.4) is 0 Å². The van der Waals surface area contributed by atoms with E-state index in [9.17, 15) is 9.59 Å². The maximum absolute atomic E-state index is 12.0. The third-order valence-corrected chi connectivity index (χ3v) is 4.56. The summed E-state index contributed by atoms with van der Waals surface area (Å²) in [5, 5.41) is 5.78. The maximum Gasteiger partial charge on any atom is 0.234 e. The van der Waals surface area contributed by atoms with Crippen molar-refractivity contribution < 1.29 is 9.59 Å². The van der Waals surface area contributed by atoms with Crippen molar-refractivity contribution in [2.75, 3.05) is 22.1 Å². The van der Waals surface area contributed by atoms with Gasteiger partial charge in [-0.2, -0.15) is 0 Å². The zero-order chi connectivity index (χ0) is 17.5. The first kappa shape index (κ1) is 18.1. The Morgan fingerprint density at radius 3 is 1.96 bits per heavy atom. The first-order valence-corrected chi connectivity index (χ1v) is 8.92. The molecule has 0 saturated heterocycles. The van der Waals surface area contributed by atoms with Gasteiger partial charge in [-0.05, 0) is 43.5 Å². The lowest BCUT2D eigenvalue weighted by atomic mass is 10.1. The Morgan fingerprint density at radius 2 is 1.33 bits per heavy atom. The van der Waals surface area contributed by atoms with Gasteiger partial charge in [0.25, 0.3) is 0 Å². The van der Waals surface area contributed by atoms with Crippen LogP contribution in [0.2, 0.25) is 0 Å². The molecule has 0 saturated carbocycles. The highest BCUT2D eigenvalue weighted by Crippen LogP contribution is 2.20. The highest BCUT2D eigenvalue weighted by molar-refractivity contribution is 8.00. The lowest BCUT2D eigenvalue weighted by Crippen LogP contribution is -2.19. The van der Waals surface area contributed by atoms with Gasteiger partial charge >= 0.3 is 0 Å². The van der Waals surface area contributed by atoms with Crippen LogP contribution in [0.5, 0.6) is 0 Å². The van der Waals surface area contributed by atoms with Gasteiger partial charge < -0.3 is 10.6 Å². The molecule has 0 bridgehead atoms. The van der Waals surface area contributed by atoms with Crippen molar-refractivity contribution >= 4 is 35.0 Å². The van der Waals surface area contributed by atoms with Crippen LogP contribution in [-0.2, 0) is 9.59 Å². The molecule has 0 aromatic heterocycles. The quantitative estimate of drug-likeness (QED) is 0.836. The standard InChI is InChI=1S/C19H22N2O2S/c1-13-7-4-5-10-16(13)20-17(22)11-24-12-18(23)21-19-14(2)8-6-9-15(19)3/h4-10H,11-12H2,1-3H3,(H,20,22)(H,21,23). The van der Waals surface area contributed by atoms with Crippen LogP contribution in [0.25, 0.3) is 0 Å². The fraction of sp³-hybridized carbons (Fsp3) is 0.263. The molecular weight excluding hydrogens is 320 g/mol. The van der Waals surface area contributed by atoms with E-state index in [1.165, 1.54) is 11.8 Å². The van der Waals surface area contributed by atoms with Gasteiger partial charge in [-0.25, -0.2) is 0 Å². The molecule has 5 heteroatoms. The van der Waals surface area contributed by atoms with E-state index in [-0.39, 0.29) is 23.3 Å². The number of hydrogen-bond donors (Lipinski definition) is 2. The number of carbonyl (C=O) groups is 2. The smallest absolute Gasteiger partial charge is 0.234 e. The number of benzene rings is 2. The van der Waals surface area contributed by atoms with Gasteiger partial charge in [0.2, 0.25) is 11.8 Å². The van der Waals surface area contributed by atoms with Crippen molar-refractivity contribution in [2.45, 2.75) is 20.8 Å². The van der Waals surface area contributed by atoms with Gasteiger partial charge in [-0.1, -0.05) is 36.4 Å². The Morgan fingerprint density at radius 1 is 0.792 bits per heavy atom. The summed E-state index contributed by atoms with van der Waals surface area (Å²) in [4.78, 5) is 24.0. The highest BCUT2D eigenvalue weighted by Gasteiger charge is 2.09. The van der Waals surface area contributed by atoms with Gasteiger partial charge in [-0.15, -0.1) is 11.8 Å². The Hall–Kier alpha value is -2.27. The van der Waals surface area contributed by atoms with Gasteiger partial charge in [-0.3, -0.25) is 9.59 Å². The van der Waals surface area contributed by atoms with Gasteiger partial charge in [0.05, 0.1) is 11.5 Å². The van der Waals surface area contributed by atoms with E-state index in [0.717, 1.165) is 28.1 Å². The fourth-order valence-electron chi connectivity index (χ4n) is 2.32. The second-order valence-corrected chi connectivity index (χ2v) is 6.66. The first-order chi connectivity index (χ1) is 11.5. The Bertz CT molecular complexity index is 724. The summed E-state index contributed by atoms with van der Waals surface area (Å²) >= 11 is 1.30. The molecule has 0 atom stereocenters. The topological polar surface area (TPSA) is 58.2 Å². The average molecular weight is 342 g/mol. The van der Waals surface area contributed by atoms with Crippen LogP contribution in [0, 0.1) is 20.8 Å². The summed E-state index contributed by atoms with van der Waals surface area (Å²) in [6, 6.07) is 13.5. The van der Waals surface area contributed by atoms with Crippen molar-refractivity contribution in [3.8, 4) is 0 Å². The lowest BCUT2D eigenvalue weighted by molar-refractivity contribution is -0.114. The monoisotopic (exact) mass is 342 g/mol. The van der Waals surface area contributed by atoms with Crippen molar-refractivity contribution in [1.29, 1.82) is 0 Å². The zero-order valence-electron chi connectivity index (χ0n) is 14.2. The molecular formula is C19H22N2O2S. The van der Waals surface area contributed by atoms with Gasteiger partial charge in [0.15, 0.2) is 0 Å². The zero-order valence-corrected chi connectivity index (χ0v) is 15.0. The van der Waals surface area contributed by atoms with Gasteiger partial charge in [0, 0.05) is 11.4 Å². The van der Waals surface area contributed by atoms with Crippen LogP contribution in [0.1, 0.15) is 16.7 Å². The molecule has 2 aromatic rings. The van der Waals surface area contributed by atoms with E-state index in [4.69, 9.17) is 0 Å². The molecule has 0 spiro atoms. The number of amides is 2. The van der Waals surface area contributed by atoms with Crippen LogP contribution in [0.4, 0.5) is 11.4 Å². The van der Waals surface area contributed by atoms with Crippen molar-refractivity contribution in [2.24, 2.45) is 0 Å². The third kappa shape index (κ3) is 5.13. The fourth-order valence-corrected chi connectivity index (χ4v) is 2.94. The molecule has 2 N–H and O–H groups in total. The number of hydrogen-bond acceptors (Lipinski definition) is 3. The molecule has 0 heterocycles. The second-order valence-electron chi connectivity index (χ2n) is 5.67. The Balaban J connectivity index is 1.78. The molecule has 2 amide bonds. The minimum Gasteiger partial charge on any atom is -0.325 e. The molecule has 0 aliphatic rings. The lowest BCUT2D eigenvalue weighted by Gasteiger charge is -2.11. The normalized spacial score (nSPS) is 10.3. The predicted molar refractivity (Wildman–Crippen MR) is 102 cm³/mol. The van der Waals surface area contributed by atoms with Crippen LogP contribution >= 0.6 is 11.8 Å². The first-order valence-electron chi connectivity index (χ1n) is 7.76. The van der Waals surface area contributed by atoms with E-state index in [1.54, 1.807) is 0 Å². The Labute approximate surface area is 147 Å². The molecule has 24 heavy (non-hydrogen) atoms. The minimum atomic E-state index is -0.103. The summed E-state index contributed by atoms with van der Waals surface area (Å²) in [5.74, 6) is 0.291. The molecule has 0 radical (unpaired) electrons. The molecule has 2 rings (SSSR count). The van der Waals surface area contributed by atoms with Crippen molar-refractivity contribution in [3.05, 3.63) is 59.2 Å². The molecule has 2 aromatic carbocycles. The summed E-state index contributed by atoms with van der Waals surface area (Å²) in [6.45, 7) is 5.87. The average Bonchev–Trinajstić information content (AvgIpc) is 2.53. The summed E-state index contributed by atoms with van der Waals surface area (Å²) in [6.07, 6.45) is 0. The SMILES string of the molecule is Cc1ccccc1NC(=O)CSCC(=O)Nc1c(C)cccc1C. The largest absolute Gasteiger partial charge is 0.325 e. The molecule has 0 aliphatic heterocycles. The van der Waals surface area contributed by atoms with Crippen LogP contribution in [0.15, 0.2) is 42.5 Å². The highest BCUT2D eigenvalue weighted by atomic mass is 32.2. The van der Waals surface area contributed by atoms with Gasteiger partial charge in [0.1, 0.15) is 0 Å². The number of aryl methyl sites for hydroxylation is 3. The Kier molecular flexibility index (Phi) is 6.44. The number of nitrogens with one attached hydrogen (secondary N) is 2. The number of anilines is 2. The van der Waals surface area contributed by atoms with E-state index < -0.39 is 0 Å². The molecule has 4 nitrogen and oxygen atoms in total. The third-order valence-electron chi connectivity index (χ3n) is 3.63. The molecule has 0 fully saturated rings.